The molecular weight excluding hydrogens is 368 g/mol. The van der Waals surface area contributed by atoms with Crippen LogP contribution in [0.1, 0.15) is 37.2 Å². The fourth-order valence-electron chi connectivity index (χ4n) is 3.98. The first kappa shape index (κ1) is 18.9. The van der Waals surface area contributed by atoms with Gasteiger partial charge in [-0.3, -0.25) is 9.47 Å². The minimum absolute atomic E-state index is 0.389. The Morgan fingerprint density at radius 1 is 1.11 bits per heavy atom. The number of nitrogens with zero attached hydrogens (tertiary/aromatic N) is 4. The summed E-state index contributed by atoms with van der Waals surface area (Å²) in [5.41, 5.74) is 2.38. The van der Waals surface area contributed by atoms with Crippen LogP contribution in [0, 0.1) is 11.7 Å². The minimum Gasteiger partial charge on any atom is -0.494 e. The van der Waals surface area contributed by atoms with Gasteiger partial charge in [0, 0.05) is 18.3 Å². The van der Waals surface area contributed by atoms with E-state index in [9.17, 15) is 0 Å². The van der Waals surface area contributed by atoms with Crippen molar-refractivity contribution in [2.24, 2.45) is 0 Å². The number of aromatic nitrogens is 3. The van der Waals surface area contributed by atoms with Gasteiger partial charge < -0.3 is 4.74 Å². The number of para-hydroxylation sites is 1. The van der Waals surface area contributed by atoms with Crippen molar-refractivity contribution in [2.45, 2.75) is 39.4 Å². The molecule has 0 aliphatic carbocycles. The molecule has 1 aliphatic rings. The number of hydrogen-bond donors (Lipinski definition) is 0. The van der Waals surface area contributed by atoms with Crippen LogP contribution in [0.3, 0.4) is 0 Å². The van der Waals surface area contributed by atoms with E-state index in [0.717, 1.165) is 35.0 Å². The quantitative estimate of drug-likeness (QED) is 0.557. The summed E-state index contributed by atoms with van der Waals surface area (Å²) in [6, 6.07) is 19.1. The maximum atomic E-state index is 5.75. The maximum absolute atomic E-state index is 5.75. The highest BCUT2D eigenvalue weighted by molar-refractivity contribution is 7.71. The monoisotopic (exact) mass is 394 g/mol. The molecule has 1 aliphatic heterocycles. The third kappa shape index (κ3) is 3.75. The highest BCUT2D eigenvalue weighted by Gasteiger charge is 2.27. The molecule has 1 saturated heterocycles. The molecule has 1 atom stereocenters. The molecule has 6 heteroatoms. The summed E-state index contributed by atoms with van der Waals surface area (Å²) in [4.78, 5) is 2.47. The fourth-order valence-corrected chi connectivity index (χ4v) is 4.32. The second-order valence-electron chi connectivity index (χ2n) is 7.11. The zero-order valence-electron chi connectivity index (χ0n) is 16.4. The van der Waals surface area contributed by atoms with Crippen LogP contribution in [-0.2, 0) is 6.67 Å². The zero-order valence-corrected chi connectivity index (χ0v) is 17.2. The average Bonchev–Trinajstić information content (AvgIpc) is 3.28. The van der Waals surface area contributed by atoms with E-state index >= 15 is 0 Å². The van der Waals surface area contributed by atoms with E-state index in [1.54, 1.807) is 0 Å². The highest BCUT2D eigenvalue weighted by Crippen LogP contribution is 2.33. The fraction of sp³-hybridized carbons (Fsp3) is 0.364. The summed E-state index contributed by atoms with van der Waals surface area (Å²) in [7, 11) is 0. The standard InChI is InChI=1S/C22H26N4OS/c1-3-27-20-13-11-18(12-14-20)21-10-7-15-24(21)16-25-22(28)26(17(2)23-25)19-8-5-4-6-9-19/h4-6,8-9,11-14,21H,3,7,10,15-16H2,1-2H3/t21-/m1/s1. The number of rotatable bonds is 6. The molecule has 0 N–H and O–H groups in total. The molecule has 0 unspecified atom stereocenters. The Hall–Kier alpha value is -2.44. The van der Waals surface area contributed by atoms with Gasteiger partial charge in [0.05, 0.1) is 13.3 Å². The molecule has 5 nitrogen and oxygen atoms in total. The molecule has 3 aromatic rings. The molecule has 0 amide bonds. The van der Waals surface area contributed by atoms with Gasteiger partial charge in [0.1, 0.15) is 11.6 Å². The molecular formula is C22H26N4OS. The smallest absolute Gasteiger partial charge is 0.203 e. The molecule has 2 heterocycles. The number of likely N-dealkylation sites (tertiary alicyclic amines) is 1. The molecule has 0 radical (unpaired) electrons. The molecule has 2 aromatic carbocycles. The lowest BCUT2D eigenvalue weighted by molar-refractivity contribution is 0.189. The van der Waals surface area contributed by atoms with E-state index in [1.165, 1.54) is 12.0 Å². The predicted molar refractivity (Wildman–Crippen MR) is 113 cm³/mol. The second-order valence-corrected chi connectivity index (χ2v) is 7.48. The number of ether oxygens (including phenoxy) is 1. The van der Waals surface area contributed by atoms with E-state index in [1.807, 2.05) is 41.3 Å². The van der Waals surface area contributed by atoms with Gasteiger partial charge in [0.25, 0.3) is 0 Å². The normalized spacial score (nSPS) is 17.1. The van der Waals surface area contributed by atoms with Crippen LogP contribution in [0.2, 0.25) is 0 Å². The minimum atomic E-state index is 0.389. The van der Waals surface area contributed by atoms with Crippen molar-refractivity contribution in [1.29, 1.82) is 0 Å². The molecule has 1 fully saturated rings. The van der Waals surface area contributed by atoms with Gasteiger partial charge in [0.2, 0.25) is 4.77 Å². The Morgan fingerprint density at radius 3 is 2.57 bits per heavy atom. The molecule has 146 valence electrons. The zero-order chi connectivity index (χ0) is 19.5. The third-order valence-corrected chi connectivity index (χ3v) is 5.66. The molecule has 0 spiro atoms. The lowest BCUT2D eigenvalue weighted by Gasteiger charge is -2.24. The van der Waals surface area contributed by atoms with Gasteiger partial charge in [-0.1, -0.05) is 30.3 Å². The van der Waals surface area contributed by atoms with Crippen LogP contribution in [0.15, 0.2) is 54.6 Å². The van der Waals surface area contributed by atoms with Crippen LogP contribution in [0.25, 0.3) is 5.69 Å². The van der Waals surface area contributed by atoms with Crippen molar-refractivity contribution in [3.8, 4) is 11.4 Å². The van der Waals surface area contributed by atoms with E-state index in [4.69, 9.17) is 22.1 Å². The third-order valence-electron chi connectivity index (χ3n) is 5.27. The largest absolute Gasteiger partial charge is 0.494 e. The average molecular weight is 395 g/mol. The SMILES string of the molecule is CCOc1ccc([C@H]2CCCN2Cn2nc(C)n(-c3ccccc3)c2=S)cc1. The summed E-state index contributed by atoms with van der Waals surface area (Å²) in [5, 5.41) is 4.73. The number of hydrogen-bond acceptors (Lipinski definition) is 4. The first-order chi connectivity index (χ1) is 13.7. The van der Waals surface area contributed by atoms with Crippen LogP contribution in [-0.4, -0.2) is 32.4 Å². The number of aryl methyl sites for hydroxylation is 1. The summed E-state index contributed by atoms with van der Waals surface area (Å²) in [6.45, 7) is 6.46. The van der Waals surface area contributed by atoms with Crippen molar-refractivity contribution in [2.75, 3.05) is 13.2 Å². The van der Waals surface area contributed by atoms with E-state index in [2.05, 4.69) is 41.3 Å². The van der Waals surface area contributed by atoms with Crippen LogP contribution >= 0.6 is 12.2 Å². The summed E-state index contributed by atoms with van der Waals surface area (Å²) >= 11 is 5.75. The maximum Gasteiger partial charge on any atom is 0.203 e. The van der Waals surface area contributed by atoms with Crippen molar-refractivity contribution >= 4 is 12.2 Å². The lowest BCUT2D eigenvalue weighted by atomic mass is 10.0. The van der Waals surface area contributed by atoms with Crippen molar-refractivity contribution in [3.05, 3.63) is 70.8 Å². The topological polar surface area (TPSA) is 35.2 Å². The van der Waals surface area contributed by atoms with E-state index in [0.29, 0.717) is 19.3 Å². The predicted octanol–water partition coefficient (Wildman–Crippen LogP) is 4.91. The van der Waals surface area contributed by atoms with Crippen molar-refractivity contribution in [3.63, 3.8) is 0 Å². The van der Waals surface area contributed by atoms with Gasteiger partial charge in [0.15, 0.2) is 0 Å². The summed E-state index contributed by atoms with van der Waals surface area (Å²) in [6.07, 6.45) is 2.34. The number of benzene rings is 2. The summed E-state index contributed by atoms with van der Waals surface area (Å²) < 4.78 is 10.3. The Labute approximate surface area is 171 Å². The van der Waals surface area contributed by atoms with Crippen LogP contribution < -0.4 is 4.74 Å². The Bertz CT molecular complexity index is 978. The first-order valence-electron chi connectivity index (χ1n) is 9.86. The van der Waals surface area contributed by atoms with Crippen molar-refractivity contribution < 1.29 is 4.74 Å². The molecule has 0 saturated carbocycles. The van der Waals surface area contributed by atoms with Gasteiger partial charge in [-0.2, -0.15) is 5.10 Å². The van der Waals surface area contributed by atoms with Gasteiger partial charge in [-0.15, -0.1) is 0 Å². The van der Waals surface area contributed by atoms with Crippen LogP contribution in [0.4, 0.5) is 0 Å². The van der Waals surface area contributed by atoms with Crippen molar-refractivity contribution in [1.82, 2.24) is 19.2 Å². The molecule has 4 rings (SSSR count). The molecule has 0 bridgehead atoms. The first-order valence-corrected chi connectivity index (χ1v) is 10.3. The summed E-state index contributed by atoms with van der Waals surface area (Å²) in [5.74, 6) is 1.84. The van der Waals surface area contributed by atoms with Gasteiger partial charge in [-0.05, 0) is 68.7 Å². The molecule has 1 aromatic heterocycles. The van der Waals surface area contributed by atoms with E-state index in [-0.39, 0.29) is 0 Å². The van der Waals surface area contributed by atoms with Gasteiger partial charge >= 0.3 is 0 Å². The highest BCUT2D eigenvalue weighted by atomic mass is 32.1. The molecule has 28 heavy (non-hydrogen) atoms. The van der Waals surface area contributed by atoms with E-state index < -0.39 is 0 Å². The van der Waals surface area contributed by atoms with Crippen LogP contribution in [0.5, 0.6) is 5.75 Å². The Kier molecular flexibility index (Phi) is 5.59. The van der Waals surface area contributed by atoms with Gasteiger partial charge in [-0.25, -0.2) is 4.68 Å². The second kappa shape index (κ2) is 8.29. The Morgan fingerprint density at radius 2 is 1.86 bits per heavy atom. The Balaban J connectivity index is 1.56. The lowest BCUT2D eigenvalue weighted by Crippen LogP contribution is -2.27.